The van der Waals surface area contributed by atoms with E-state index in [2.05, 4.69) is 5.32 Å². The Morgan fingerprint density at radius 3 is 2.38 bits per heavy atom. The smallest absolute Gasteiger partial charge is 0.306 e. The number of carboxylic acids is 1. The van der Waals surface area contributed by atoms with Crippen molar-refractivity contribution in [2.75, 3.05) is 6.54 Å². The minimum atomic E-state index is -0.705. The van der Waals surface area contributed by atoms with Crippen molar-refractivity contribution in [3.63, 3.8) is 0 Å². The minimum absolute atomic E-state index is 0.179. The predicted octanol–water partition coefficient (Wildman–Crippen LogP) is 1.69. The van der Waals surface area contributed by atoms with E-state index >= 15 is 0 Å². The third-order valence-corrected chi connectivity index (χ3v) is 4.20. The first kappa shape index (κ1) is 15.5. The maximum Gasteiger partial charge on any atom is 0.306 e. The van der Waals surface area contributed by atoms with Crippen molar-refractivity contribution < 1.29 is 14.7 Å². The first-order valence-electron chi connectivity index (χ1n) is 7.39. The molecule has 1 aromatic rings. The van der Waals surface area contributed by atoms with Crippen LogP contribution in [0.1, 0.15) is 37.3 Å². The van der Waals surface area contributed by atoms with Gasteiger partial charge in [0.1, 0.15) is 6.04 Å². The van der Waals surface area contributed by atoms with Gasteiger partial charge in [-0.05, 0) is 37.2 Å². The Balaban J connectivity index is 1.76. The van der Waals surface area contributed by atoms with E-state index in [9.17, 15) is 9.59 Å². The predicted molar refractivity (Wildman–Crippen MR) is 79.5 cm³/mol. The summed E-state index contributed by atoms with van der Waals surface area (Å²) in [4.78, 5) is 22.9. The van der Waals surface area contributed by atoms with Crippen molar-refractivity contribution in [1.29, 1.82) is 0 Å². The minimum Gasteiger partial charge on any atom is -0.481 e. The monoisotopic (exact) mass is 290 g/mol. The van der Waals surface area contributed by atoms with Gasteiger partial charge in [-0.15, -0.1) is 0 Å². The first-order chi connectivity index (χ1) is 10.1. The lowest BCUT2D eigenvalue weighted by molar-refractivity contribution is -0.143. The van der Waals surface area contributed by atoms with E-state index in [0.29, 0.717) is 25.3 Å². The van der Waals surface area contributed by atoms with E-state index in [1.807, 2.05) is 30.3 Å². The summed E-state index contributed by atoms with van der Waals surface area (Å²) in [6.07, 6.45) is 3.08. The molecule has 0 aliphatic heterocycles. The lowest BCUT2D eigenvalue weighted by Crippen LogP contribution is -2.38. The van der Waals surface area contributed by atoms with E-state index in [4.69, 9.17) is 10.8 Å². The Morgan fingerprint density at radius 2 is 1.81 bits per heavy atom. The Morgan fingerprint density at radius 1 is 1.19 bits per heavy atom. The van der Waals surface area contributed by atoms with Crippen molar-refractivity contribution in [2.45, 2.75) is 31.7 Å². The number of amides is 1. The van der Waals surface area contributed by atoms with Crippen molar-refractivity contribution in [1.82, 2.24) is 5.32 Å². The molecular formula is C16H22N2O3. The van der Waals surface area contributed by atoms with E-state index in [1.165, 1.54) is 0 Å². The fraction of sp³-hybridized carbons (Fsp3) is 0.500. The summed E-state index contributed by atoms with van der Waals surface area (Å²) in [5, 5.41) is 11.8. The topological polar surface area (TPSA) is 92.4 Å². The molecule has 0 unspecified atom stereocenters. The van der Waals surface area contributed by atoms with Crippen LogP contribution in [0.4, 0.5) is 0 Å². The van der Waals surface area contributed by atoms with Crippen molar-refractivity contribution >= 4 is 11.9 Å². The maximum atomic E-state index is 12.0. The summed E-state index contributed by atoms with van der Waals surface area (Å²) in [5.41, 5.74) is 6.72. The van der Waals surface area contributed by atoms with Crippen LogP contribution in [0, 0.1) is 11.8 Å². The van der Waals surface area contributed by atoms with Gasteiger partial charge in [-0.2, -0.15) is 0 Å². The lowest BCUT2D eigenvalue weighted by Gasteiger charge is -2.26. The summed E-state index contributed by atoms with van der Waals surface area (Å²) in [7, 11) is 0. The highest BCUT2D eigenvalue weighted by Gasteiger charge is 2.26. The number of benzene rings is 1. The molecule has 2 rings (SSSR count). The summed E-state index contributed by atoms with van der Waals surface area (Å²) < 4.78 is 0. The quantitative estimate of drug-likeness (QED) is 0.769. The molecule has 114 valence electrons. The summed E-state index contributed by atoms with van der Waals surface area (Å²) in [5.74, 6) is -0.749. The second-order valence-corrected chi connectivity index (χ2v) is 5.69. The Hall–Kier alpha value is -1.88. The van der Waals surface area contributed by atoms with E-state index in [1.54, 1.807) is 0 Å². The SMILES string of the molecule is N[C@H](C(=O)NCC1CCC(C(=O)O)CC1)c1ccccc1. The van der Waals surface area contributed by atoms with E-state index < -0.39 is 12.0 Å². The second kappa shape index (κ2) is 7.22. The van der Waals surface area contributed by atoms with Gasteiger partial charge in [0.25, 0.3) is 0 Å². The normalized spacial score (nSPS) is 23.3. The molecule has 1 aliphatic rings. The van der Waals surface area contributed by atoms with Gasteiger partial charge < -0.3 is 16.2 Å². The lowest BCUT2D eigenvalue weighted by atomic mass is 9.82. The van der Waals surface area contributed by atoms with Crippen molar-refractivity contribution in [3.8, 4) is 0 Å². The molecule has 4 N–H and O–H groups in total. The molecule has 5 heteroatoms. The van der Waals surface area contributed by atoms with E-state index in [-0.39, 0.29) is 11.8 Å². The van der Waals surface area contributed by atoms with Crippen LogP contribution in [0.25, 0.3) is 0 Å². The fourth-order valence-electron chi connectivity index (χ4n) is 2.78. The number of hydrogen-bond donors (Lipinski definition) is 3. The number of aliphatic carboxylic acids is 1. The van der Waals surface area contributed by atoms with Gasteiger partial charge in [-0.1, -0.05) is 30.3 Å². The van der Waals surface area contributed by atoms with Crippen LogP contribution in [-0.4, -0.2) is 23.5 Å². The average molecular weight is 290 g/mol. The van der Waals surface area contributed by atoms with Gasteiger partial charge in [0.2, 0.25) is 5.91 Å². The molecule has 1 amide bonds. The standard InChI is InChI=1S/C16H22N2O3/c17-14(12-4-2-1-3-5-12)15(19)18-10-11-6-8-13(9-7-11)16(20)21/h1-5,11,13-14H,6-10,17H2,(H,18,19)(H,20,21)/t11?,13?,14-/m0/s1. The molecule has 0 spiro atoms. The first-order valence-corrected chi connectivity index (χ1v) is 7.39. The number of carbonyl (C=O) groups excluding carboxylic acids is 1. The van der Waals surface area contributed by atoms with Crippen LogP contribution in [0.3, 0.4) is 0 Å². The van der Waals surface area contributed by atoms with Crippen molar-refractivity contribution in [3.05, 3.63) is 35.9 Å². The van der Waals surface area contributed by atoms with Gasteiger partial charge in [0, 0.05) is 6.54 Å². The summed E-state index contributed by atoms with van der Waals surface area (Å²) in [6, 6.07) is 8.62. The third-order valence-electron chi connectivity index (χ3n) is 4.20. The van der Waals surface area contributed by atoms with Gasteiger partial charge in [-0.3, -0.25) is 9.59 Å². The molecule has 21 heavy (non-hydrogen) atoms. The molecule has 0 saturated heterocycles. The molecule has 1 aliphatic carbocycles. The molecule has 1 saturated carbocycles. The largest absolute Gasteiger partial charge is 0.481 e. The molecule has 0 bridgehead atoms. The van der Waals surface area contributed by atoms with Crippen LogP contribution in [0.15, 0.2) is 30.3 Å². The molecular weight excluding hydrogens is 268 g/mol. The Bertz CT molecular complexity index is 482. The number of carboxylic acid groups (broad SMARTS) is 1. The van der Waals surface area contributed by atoms with Gasteiger partial charge in [0.15, 0.2) is 0 Å². The van der Waals surface area contributed by atoms with Crippen LogP contribution in [0.2, 0.25) is 0 Å². The Labute approximate surface area is 124 Å². The number of hydrogen-bond acceptors (Lipinski definition) is 3. The third kappa shape index (κ3) is 4.29. The zero-order chi connectivity index (χ0) is 15.2. The van der Waals surface area contributed by atoms with Gasteiger partial charge in [-0.25, -0.2) is 0 Å². The zero-order valence-corrected chi connectivity index (χ0v) is 12.0. The molecule has 0 radical (unpaired) electrons. The summed E-state index contributed by atoms with van der Waals surface area (Å²) in [6.45, 7) is 0.575. The average Bonchev–Trinajstić information content (AvgIpc) is 2.53. The highest BCUT2D eigenvalue weighted by Crippen LogP contribution is 2.28. The number of carbonyl (C=O) groups is 2. The molecule has 1 atom stereocenters. The number of rotatable bonds is 5. The van der Waals surface area contributed by atoms with Crippen LogP contribution >= 0.6 is 0 Å². The van der Waals surface area contributed by atoms with Gasteiger partial charge >= 0.3 is 5.97 Å². The second-order valence-electron chi connectivity index (χ2n) is 5.69. The van der Waals surface area contributed by atoms with Gasteiger partial charge in [0.05, 0.1) is 5.92 Å². The molecule has 1 aromatic carbocycles. The molecule has 1 fully saturated rings. The number of nitrogens with two attached hydrogens (primary N) is 1. The Kier molecular flexibility index (Phi) is 5.33. The van der Waals surface area contributed by atoms with Crippen molar-refractivity contribution in [2.24, 2.45) is 17.6 Å². The number of nitrogens with one attached hydrogen (secondary N) is 1. The highest BCUT2D eigenvalue weighted by molar-refractivity contribution is 5.82. The zero-order valence-electron chi connectivity index (χ0n) is 12.0. The summed E-state index contributed by atoms with van der Waals surface area (Å²) >= 11 is 0. The maximum absolute atomic E-state index is 12.0. The van der Waals surface area contributed by atoms with Crippen LogP contribution < -0.4 is 11.1 Å². The molecule has 0 aromatic heterocycles. The van der Waals surface area contributed by atoms with E-state index in [0.717, 1.165) is 18.4 Å². The van der Waals surface area contributed by atoms with Crippen LogP contribution in [0.5, 0.6) is 0 Å². The molecule has 0 heterocycles. The van der Waals surface area contributed by atoms with Crippen LogP contribution in [-0.2, 0) is 9.59 Å². The highest BCUT2D eigenvalue weighted by atomic mass is 16.4. The molecule has 5 nitrogen and oxygen atoms in total. The fourth-order valence-corrected chi connectivity index (χ4v) is 2.78.